The van der Waals surface area contributed by atoms with Crippen molar-refractivity contribution < 1.29 is 28.6 Å². The van der Waals surface area contributed by atoms with Crippen molar-refractivity contribution in [3.63, 3.8) is 0 Å². The topological polar surface area (TPSA) is 82.1 Å². The summed E-state index contributed by atoms with van der Waals surface area (Å²) in [5.74, 6) is -0.0132. The molecule has 2 amide bonds. The number of esters is 1. The van der Waals surface area contributed by atoms with E-state index in [1.807, 2.05) is 13.8 Å². The predicted octanol–water partition coefficient (Wildman–Crippen LogP) is 3.08. The Morgan fingerprint density at radius 3 is 2.62 bits per heavy atom. The number of nitrogens with zero attached hydrogens (tertiary/aromatic N) is 1. The van der Waals surface area contributed by atoms with Gasteiger partial charge in [-0.1, -0.05) is 13.0 Å². The third-order valence-corrected chi connectivity index (χ3v) is 4.80. The number of carbonyl (C=O) groups excluding carboxylic acids is 3. The van der Waals surface area contributed by atoms with Gasteiger partial charge in [-0.15, -0.1) is 0 Å². The van der Waals surface area contributed by atoms with Crippen molar-refractivity contribution in [1.82, 2.24) is 4.90 Å². The van der Waals surface area contributed by atoms with E-state index in [2.05, 4.69) is 4.74 Å². The van der Waals surface area contributed by atoms with E-state index in [1.165, 1.54) is 19.1 Å². The van der Waals surface area contributed by atoms with Crippen molar-refractivity contribution in [3.8, 4) is 11.5 Å². The number of amides is 2. The minimum Gasteiger partial charge on any atom is -0.493 e. The first-order valence-corrected chi connectivity index (χ1v) is 8.87. The predicted molar refractivity (Wildman–Crippen MR) is 98.1 cm³/mol. The first kappa shape index (κ1) is 19.8. The normalized spacial score (nSPS) is 16.8. The number of thioether (sulfide) groups is 1. The van der Waals surface area contributed by atoms with Crippen molar-refractivity contribution in [1.29, 1.82) is 0 Å². The number of imide groups is 1. The number of methoxy groups -OCH3 is 2. The zero-order valence-corrected chi connectivity index (χ0v) is 15.9. The second-order valence-electron chi connectivity index (χ2n) is 5.58. The molecule has 1 aliphatic heterocycles. The summed E-state index contributed by atoms with van der Waals surface area (Å²) >= 11 is 0.920. The molecular weight excluding hydrogens is 358 g/mol. The van der Waals surface area contributed by atoms with E-state index in [9.17, 15) is 14.4 Å². The summed E-state index contributed by atoms with van der Waals surface area (Å²) in [4.78, 5) is 37.4. The molecule has 2 rings (SSSR count). The van der Waals surface area contributed by atoms with Gasteiger partial charge in [0.05, 0.1) is 19.1 Å². The van der Waals surface area contributed by atoms with Crippen LogP contribution in [0.15, 0.2) is 23.1 Å². The lowest BCUT2D eigenvalue weighted by Crippen LogP contribution is -2.36. The van der Waals surface area contributed by atoms with E-state index >= 15 is 0 Å². The number of hydrogen-bond donors (Lipinski definition) is 0. The molecule has 26 heavy (non-hydrogen) atoms. The zero-order chi connectivity index (χ0) is 19.3. The van der Waals surface area contributed by atoms with Crippen molar-refractivity contribution in [2.75, 3.05) is 20.8 Å². The Balaban J connectivity index is 2.21. The van der Waals surface area contributed by atoms with Gasteiger partial charge in [0.15, 0.2) is 18.1 Å². The molecule has 140 valence electrons. The molecule has 0 aromatic heterocycles. The summed E-state index contributed by atoms with van der Waals surface area (Å²) in [7, 11) is 2.75. The van der Waals surface area contributed by atoms with Crippen LogP contribution in [-0.4, -0.2) is 48.9 Å². The van der Waals surface area contributed by atoms with Gasteiger partial charge in [-0.3, -0.25) is 14.5 Å². The quantitative estimate of drug-likeness (QED) is 0.532. The third kappa shape index (κ3) is 4.37. The van der Waals surface area contributed by atoms with Crippen LogP contribution < -0.4 is 9.47 Å². The molecule has 8 heteroatoms. The Morgan fingerprint density at radius 2 is 2.00 bits per heavy atom. The lowest BCUT2D eigenvalue weighted by Gasteiger charge is -2.19. The summed E-state index contributed by atoms with van der Waals surface area (Å²) in [5.41, 5.74) is 0.682. The molecule has 1 heterocycles. The van der Waals surface area contributed by atoms with Crippen LogP contribution in [0.1, 0.15) is 25.8 Å². The maximum Gasteiger partial charge on any atom is 0.343 e. The van der Waals surface area contributed by atoms with Gasteiger partial charge >= 0.3 is 5.97 Å². The molecule has 7 nitrogen and oxygen atoms in total. The molecule has 0 saturated carbocycles. The van der Waals surface area contributed by atoms with Crippen LogP contribution in [0.3, 0.4) is 0 Å². The van der Waals surface area contributed by atoms with Gasteiger partial charge in [-0.2, -0.15) is 0 Å². The summed E-state index contributed by atoms with van der Waals surface area (Å²) in [6, 6.07) is 4.87. The molecule has 1 unspecified atom stereocenters. The maximum atomic E-state index is 12.5. The Hall–Kier alpha value is -2.48. The van der Waals surface area contributed by atoms with Gasteiger partial charge in [-0.25, -0.2) is 4.79 Å². The second-order valence-corrected chi connectivity index (χ2v) is 6.58. The number of ether oxygens (including phenoxy) is 3. The highest BCUT2D eigenvalue weighted by molar-refractivity contribution is 8.18. The summed E-state index contributed by atoms with van der Waals surface area (Å²) in [6.45, 7) is 3.53. The van der Waals surface area contributed by atoms with Crippen LogP contribution >= 0.6 is 11.8 Å². The van der Waals surface area contributed by atoms with E-state index in [0.29, 0.717) is 28.4 Å². The molecule has 1 fully saturated rings. The highest BCUT2D eigenvalue weighted by Crippen LogP contribution is 2.35. The van der Waals surface area contributed by atoms with Crippen molar-refractivity contribution in [3.05, 3.63) is 28.7 Å². The summed E-state index contributed by atoms with van der Waals surface area (Å²) < 4.78 is 15.1. The molecule has 0 bridgehead atoms. The highest BCUT2D eigenvalue weighted by Gasteiger charge is 2.37. The van der Waals surface area contributed by atoms with Crippen molar-refractivity contribution >= 4 is 35.0 Å². The fourth-order valence-electron chi connectivity index (χ4n) is 2.28. The Morgan fingerprint density at radius 1 is 1.27 bits per heavy atom. The van der Waals surface area contributed by atoms with E-state index in [4.69, 9.17) is 9.47 Å². The van der Waals surface area contributed by atoms with E-state index in [-0.39, 0.29) is 23.8 Å². The average molecular weight is 379 g/mol. The first-order chi connectivity index (χ1) is 12.4. The molecule has 0 radical (unpaired) electrons. The van der Waals surface area contributed by atoms with Crippen LogP contribution in [0.5, 0.6) is 11.5 Å². The molecule has 1 aliphatic rings. The Kier molecular flexibility index (Phi) is 6.68. The van der Waals surface area contributed by atoms with Gasteiger partial charge in [0, 0.05) is 6.04 Å². The van der Waals surface area contributed by atoms with Crippen LogP contribution in [0, 0.1) is 0 Å². The lowest BCUT2D eigenvalue weighted by molar-refractivity contribution is -0.143. The van der Waals surface area contributed by atoms with Crippen molar-refractivity contribution in [2.45, 2.75) is 26.3 Å². The monoisotopic (exact) mass is 379 g/mol. The highest BCUT2D eigenvalue weighted by atomic mass is 32.2. The fraction of sp³-hybridized carbons (Fsp3) is 0.389. The number of rotatable bonds is 7. The third-order valence-electron chi connectivity index (χ3n) is 3.91. The van der Waals surface area contributed by atoms with E-state index < -0.39 is 5.97 Å². The first-order valence-electron chi connectivity index (χ1n) is 8.06. The fourth-order valence-corrected chi connectivity index (χ4v) is 3.21. The Bertz CT molecular complexity index is 745. The minimum atomic E-state index is -0.505. The van der Waals surface area contributed by atoms with E-state index in [0.717, 1.165) is 11.8 Å². The van der Waals surface area contributed by atoms with Crippen molar-refractivity contribution in [2.24, 2.45) is 0 Å². The van der Waals surface area contributed by atoms with Gasteiger partial charge in [0.25, 0.3) is 11.1 Å². The lowest BCUT2D eigenvalue weighted by atomic mass is 10.1. The van der Waals surface area contributed by atoms with Crippen LogP contribution in [0.25, 0.3) is 6.08 Å². The summed E-state index contributed by atoms with van der Waals surface area (Å²) in [6.07, 6.45) is 2.34. The molecule has 0 spiro atoms. The smallest absolute Gasteiger partial charge is 0.343 e. The molecule has 1 atom stereocenters. The molecule has 1 saturated heterocycles. The standard InChI is InChI=1S/C18H21NO6S/c1-5-11(2)19-17(21)15(26-18(19)22)9-12-6-7-13(14(8-12)23-3)25-10-16(20)24-4/h6-9,11H,5,10H2,1-4H3/b15-9-. The average Bonchev–Trinajstić information content (AvgIpc) is 2.92. The van der Waals surface area contributed by atoms with Gasteiger partial charge in [-0.05, 0) is 48.9 Å². The largest absolute Gasteiger partial charge is 0.493 e. The molecule has 1 aromatic rings. The van der Waals surface area contributed by atoms with Crippen LogP contribution in [-0.2, 0) is 14.3 Å². The van der Waals surface area contributed by atoms with Crippen LogP contribution in [0.2, 0.25) is 0 Å². The maximum absolute atomic E-state index is 12.5. The molecule has 0 aliphatic carbocycles. The molecule has 1 aromatic carbocycles. The second kappa shape index (κ2) is 8.75. The van der Waals surface area contributed by atoms with E-state index in [1.54, 1.807) is 24.3 Å². The van der Waals surface area contributed by atoms with Crippen LogP contribution in [0.4, 0.5) is 4.79 Å². The SMILES string of the molecule is CCC(C)N1C(=O)S/C(=C\c2ccc(OCC(=O)OC)c(OC)c2)C1=O. The summed E-state index contributed by atoms with van der Waals surface area (Å²) in [5, 5.41) is -0.263. The number of carbonyl (C=O) groups is 3. The van der Waals surface area contributed by atoms with Gasteiger partial charge < -0.3 is 14.2 Å². The minimum absolute atomic E-state index is 0.142. The Labute approximate surface area is 156 Å². The van der Waals surface area contributed by atoms with Gasteiger partial charge in [0.1, 0.15) is 0 Å². The van der Waals surface area contributed by atoms with Gasteiger partial charge in [0.2, 0.25) is 0 Å². The zero-order valence-electron chi connectivity index (χ0n) is 15.1. The molecule has 0 N–H and O–H groups in total. The number of hydrogen-bond acceptors (Lipinski definition) is 7. The molecular formula is C18H21NO6S. The number of benzene rings is 1.